The number of aromatic amines is 2. The maximum absolute atomic E-state index is 13.1. The summed E-state index contributed by atoms with van der Waals surface area (Å²) in [5.41, 5.74) is 6.86. The van der Waals surface area contributed by atoms with Crippen LogP contribution >= 0.6 is 24.8 Å². The number of amides is 1. The molecule has 3 heterocycles. The fraction of sp³-hybridized carbons (Fsp3) is 0.300. The van der Waals surface area contributed by atoms with Crippen LogP contribution in [0.1, 0.15) is 27.5 Å². The molecule has 0 saturated carbocycles. The molecule has 30 heavy (non-hydrogen) atoms. The van der Waals surface area contributed by atoms with E-state index in [0.717, 1.165) is 5.56 Å². The number of halogens is 2. The zero-order chi connectivity index (χ0) is 19.8. The minimum Gasteiger partial charge on any atom is -0.336 e. The predicted octanol–water partition coefficient (Wildman–Crippen LogP) is 1.58. The molecule has 1 fully saturated rings. The fourth-order valence-corrected chi connectivity index (χ4v) is 3.98. The highest BCUT2D eigenvalue weighted by molar-refractivity contribution is 5.95. The molecule has 0 radical (unpaired) electrons. The first-order valence-corrected chi connectivity index (χ1v) is 9.16. The lowest BCUT2D eigenvalue weighted by Crippen LogP contribution is -2.31. The quantitative estimate of drug-likeness (QED) is 0.557. The lowest BCUT2D eigenvalue weighted by Gasteiger charge is -2.17. The van der Waals surface area contributed by atoms with Crippen molar-refractivity contribution in [2.75, 3.05) is 19.6 Å². The summed E-state index contributed by atoms with van der Waals surface area (Å²) in [6.45, 7) is 3.29. The summed E-state index contributed by atoms with van der Waals surface area (Å²) < 4.78 is 0. The van der Waals surface area contributed by atoms with Crippen LogP contribution in [0.25, 0.3) is 11.0 Å². The average Bonchev–Trinajstić information content (AvgIpc) is 3.11. The van der Waals surface area contributed by atoms with Crippen LogP contribution in [0.2, 0.25) is 0 Å². The number of aromatic nitrogens is 3. The molecule has 1 aliphatic heterocycles. The summed E-state index contributed by atoms with van der Waals surface area (Å²) >= 11 is 0. The Kier molecular flexibility index (Phi) is 7.41. The average molecular weight is 452 g/mol. The summed E-state index contributed by atoms with van der Waals surface area (Å²) in [7, 11) is 0. The van der Waals surface area contributed by atoms with Gasteiger partial charge < -0.3 is 10.6 Å². The summed E-state index contributed by atoms with van der Waals surface area (Å²) in [4.78, 5) is 47.4. The van der Waals surface area contributed by atoms with E-state index < -0.39 is 11.2 Å². The van der Waals surface area contributed by atoms with E-state index in [1.807, 2.05) is 18.2 Å². The van der Waals surface area contributed by atoms with Crippen LogP contribution in [-0.4, -0.2) is 45.4 Å². The second kappa shape index (κ2) is 9.42. The summed E-state index contributed by atoms with van der Waals surface area (Å²) in [6, 6.07) is 11.6. The van der Waals surface area contributed by atoms with Crippen molar-refractivity contribution in [1.29, 1.82) is 0 Å². The van der Waals surface area contributed by atoms with E-state index in [-0.39, 0.29) is 59.3 Å². The van der Waals surface area contributed by atoms with Gasteiger partial charge in [0.2, 0.25) is 0 Å². The van der Waals surface area contributed by atoms with Crippen molar-refractivity contribution in [3.8, 4) is 0 Å². The monoisotopic (exact) mass is 451 g/mol. The highest BCUT2D eigenvalue weighted by Crippen LogP contribution is 2.32. The van der Waals surface area contributed by atoms with Crippen molar-refractivity contribution < 1.29 is 4.79 Å². The maximum atomic E-state index is 13.1. The van der Waals surface area contributed by atoms with Crippen molar-refractivity contribution in [3.63, 3.8) is 0 Å². The molecule has 4 rings (SSSR count). The predicted molar refractivity (Wildman–Crippen MR) is 120 cm³/mol. The molecule has 0 unspecified atom stereocenters. The normalized spacial score (nSPS) is 18.0. The second-order valence-corrected chi connectivity index (χ2v) is 7.18. The third-order valence-corrected chi connectivity index (χ3v) is 5.38. The van der Waals surface area contributed by atoms with Crippen LogP contribution in [0.15, 0.2) is 46.0 Å². The highest BCUT2D eigenvalue weighted by atomic mass is 35.5. The smallest absolute Gasteiger partial charge is 0.327 e. The number of likely N-dealkylation sites (tertiary alicyclic amines) is 1. The maximum Gasteiger partial charge on any atom is 0.327 e. The lowest BCUT2D eigenvalue weighted by molar-refractivity contribution is 0.0781. The minimum atomic E-state index is -0.650. The number of carbonyl (C=O) groups is 1. The number of carbonyl (C=O) groups excluding carboxylic acids is 1. The Balaban J connectivity index is 0.00000160. The number of nitrogens with zero attached hydrogens (tertiary/aromatic N) is 2. The van der Waals surface area contributed by atoms with Gasteiger partial charge in [-0.05, 0) is 36.6 Å². The Bertz CT molecular complexity index is 1160. The fourth-order valence-electron chi connectivity index (χ4n) is 3.98. The largest absolute Gasteiger partial charge is 0.336 e. The first-order chi connectivity index (χ1) is 13.5. The summed E-state index contributed by atoms with van der Waals surface area (Å²) in [5.74, 6) is 0.0953. The molecule has 0 spiro atoms. The zero-order valence-corrected chi connectivity index (χ0v) is 17.9. The van der Waals surface area contributed by atoms with E-state index in [0.29, 0.717) is 25.2 Å². The third kappa shape index (κ3) is 4.26. The first kappa shape index (κ1) is 23.6. The van der Waals surface area contributed by atoms with Crippen molar-refractivity contribution in [2.24, 2.45) is 11.7 Å². The molecule has 0 bridgehead atoms. The van der Waals surface area contributed by atoms with E-state index in [2.05, 4.69) is 27.1 Å². The molecule has 8 nitrogen and oxygen atoms in total. The summed E-state index contributed by atoms with van der Waals surface area (Å²) in [5, 5.41) is 0.277. The SMILES string of the molecule is Cc1cc(C(=O)N2C[C@@H](CN)[C@H](c3ccccc3)C2)nc2[nH]c(=O)[nH]c(=O)c12.Cl.Cl. The number of nitrogens with one attached hydrogen (secondary N) is 2. The number of nitrogens with two attached hydrogens (primary N) is 1. The number of H-pyrrole nitrogens is 2. The molecule has 4 N–H and O–H groups in total. The molecule has 1 saturated heterocycles. The van der Waals surface area contributed by atoms with E-state index in [1.165, 1.54) is 0 Å². The van der Waals surface area contributed by atoms with Crippen molar-refractivity contribution in [3.05, 3.63) is 74.1 Å². The minimum absolute atomic E-state index is 0. The van der Waals surface area contributed by atoms with Crippen LogP contribution < -0.4 is 17.0 Å². The van der Waals surface area contributed by atoms with Gasteiger partial charge in [0, 0.05) is 19.0 Å². The Morgan fingerprint density at radius 2 is 1.87 bits per heavy atom. The standard InChI is InChI=1S/C20H21N5O3.2ClH/c1-11-7-15(22-17-16(11)18(26)24-20(28)23-17)19(27)25-9-13(8-21)14(10-25)12-5-3-2-4-6-12;;/h2-7,13-14H,8-10,21H2,1H3,(H2,22,23,24,26,28);2*1H/t13-,14+;;/m1../s1. The molecule has 10 heteroatoms. The molecule has 2 aromatic heterocycles. The molecule has 1 amide bonds. The number of benzene rings is 1. The molecule has 0 aliphatic carbocycles. The van der Waals surface area contributed by atoms with E-state index in [4.69, 9.17) is 5.73 Å². The molecular weight excluding hydrogens is 429 g/mol. The first-order valence-electron chi connectivity index (χ1n) is 9.16. The van der Waals surface area contributed by atoms with Gasteiger partial charge in [-0.25, -0.2) is 9.78 Å². The molecule has 1 aliphatic rings. The van der Waals surface area contributed by atoms with Gasteiger partial charge in [0.05, 0.1) is 5.39 Å². The Hall–Kier alpha value is -2.68. The van der Waals surface area contributed by atoms with Gasteiger partial charge in [0.15, 0.2) is 0 Å². The van der Waals surface area contributed by atoms with Gasteiger partial charge in [-0.1, -0.05) is 30.3 Å². The van der Waals surface area contributed by atoms with Crippen molar-refractivity contribution >= 4 is 41.8 Å². The number of pyridine rings is 1. The molecule has 1 aromatic carbocycles. The van der Waals surface area contributed by atoms with E-state index >= 15 is 0 Å². The Morgan fingerprint density at radius 1 is 1.17 bits per heavy atom. The Morgan fingerprint density at radius 3 is 2.53 bits per heavy atom. The number of rotatable bonds is 3. The molecule has 2 atom stereocenters. The van der Waals surface area contributed by atoms with Gasteiger partial charge in [-0.3, -0.25) is 19.6 Å². The number of hydrogen-bond acceptors (Lipinski definition) is 5. The van der Waals surface area contributed by atoms with Gasteiger partial charge in [-0.2, -0.15) is 0 Å². The van der Waals surface area contributed by atoms with E-state index in [1.54, 1.807) is 17.9 Å². The third-order valence-electron chi connectivity index (χ3n) is 5.38. The van der Waals surface area contributed by atoms with Gasteiger partial charge in [0.1, 0.15) is 11.3 Å². The van der Waals surface area contributed by atoms with Crippen LogP contribution in [0.4, 0.5) is 0 Å². The van der Waals surface area contributed by atoms with E-state index in [9.17, 15) is 14.4 Å². The Labute approximate surface area is 184 Å². The number of aryl methyl sites for hydroxylation is 1. The van der Waals surface area contributed by atoms with Crippen LogP contribution in [0.3, 0.4) is 0 Å². The van der Waals surface area contributed by atoms with Crippen LogP contribution in [-0.2, 0) is 0 Å². The number of hydrogen-bond donors (Lipinski definition) is 3. The van der Waals surface area contributed by atoms with Crippen molar-refractivity contribution in [1.82, 2.24) is 19.9 Å². The molecule has 3 aromatic rings. The van der Waals surface area contributed by atoms with Gasteiger partial charge in [-0.15, -0.1) is 24.8 Å². The van der Waals surface area contributed by atoms with Gasteiger partial charge in [0.25, 0.3) is 11.5 Å². The molecular formula is C20H23Cl2N5O3. The van der Waals surface area contributed by atoms with Crippen LogP contribution in [0, 0.1) is 12.8 Å². The highest BCUT2D eigenvalue weighted by Gasteiger charge is 2.36. The molecule has 160 valence electrons. The number of fused-ring (bicyclic) bond motifs is 1. The summed E-state index contributed by atoms with van der Waals surface area (Å²) in [6.07, 6.45) is 0. The zero-order valence-electron chi connectivity index (χ0n) is 16.3. The topological polar surface area (TPSA) is 125 Å². The second-order valence-electron chi connectivity index (χ2n) is 7.18. The lowest BCUT2D eigenvalue weighted by atomic mass is 9.89. The van der Waals surface area contributed by atoms with Crippen molar-refractivity contribution in [2.45, 2.75) is 12.8 Å². The van der Waals surface area contributed by atoms with Crippen LogP contribution in [0.5, 0.6) is 0 Å². The van der Waals surface area contributed by atoms with Gasteiger partial charge >= 0.3 is 5.69 Å².